The monoisotopic (exact) mass is 377 g/mol. The molecule has 2 aliphatic heterocycles. The third-order valence-electron chi connectivity index (χ3n) is 5.69. The maximum Gasteiger partial charge on any atom is 0.229 e. The number of nitrogens with two attached hydrogens (primary N) is 1. The van der Waals surface area contributed by atoms with Crippen LogP contribution in [0.2, 0.25) is 0 Å². The Bertz CT molecular complexity index is 951. The van der Waals surface area contributed by atoms with Gasteiger partial charge in [-0.1, -0.05) is 30.3 Å². The summed E-state index contributed by atoms with van der Waals surface area (Å²) in [6.07, 6.45) is 2.28. The first kappa shape index (κ1) is 17.2. The van der Waals surface area contributed by atoms with Gasteiger partial charge in [-0.2, -0.15) is 9.97 Å². The number of allylic oxidation sites excluding steroid dienone is 2. The molecular formula is C21H23N5O2. The molecule has 0 amide bonds. The minimum absolute atomic E-state index is 0.185. The van der Waals surface area contributed by atoms with Crippen molar-refractivity contribution in [1.82, 2.24) is 9.97 Å². The number of Topliss-reactive ketones (excluding diaryl/α,β-unsaturated/α-hetero) is 1. The highest BCUT2D eigenvalue weighted by atomic mass is 16.5. The minimum atomic E-state index is -0.223. The number of rotatable bonds is 2. The van der Waals surface area contributed by atoms with Gasteiger partial charge >= 0.3 is 0 Å². The first-order chi connectivity index (χ1) is 13.7. The summed E-state index contributed by atoms with van der Waals surface area (Å²) in [4.78, 5) is 24.4. The number of nitrogens with zero attached hydrogens (tertiary/aromatic N) is 3. The molecule has 2 aromatic rings. The molecule has 1 aromatic carbocycles. The van der Waals surface area contributed by atoms with Crippen molar-refractivity contribution in [3.05, 3.63) is 52.7 Å². The first-order valence-corrected chi connectivity index (χ1v) is 9.80. The van der Waals surface area contributed by atoms with E-state index < -0.39 is 0 Å². The second kappa shape index (κ2) is 6.91. The number of aromatic nitrogens is 2. The van der Waals surface area contributed by atoms with Crippen molar-refractivity contribution in [2.45, 2.75) is 25.2 Å². The van der Waals surface area contributed by atoms with Crippen molar-refractivity contribution in [3.63, 3.8) is 0 Å². The van der Waals surface area contributed by atoms with E-state index in [9.17, 15) is 4.79 Å². The average Bonchev–Trinajstić information content (AvgIpc) is 2.73. The van der Waals surface area contributed by atoms with Crippen molar-refractivity contribution >= 4 is 23.4 Å². The third kappa shape index (κ3) is 2.82. The van der Waals surface area contributed by atoms with Crippen LogP contribution in [0.5, 0.6) is 0 Å². The molecule has 0 unspecified atom stereocenters. The highest BCUT2D eigenvalue weighted by Gasteiger charge is 2.38. The van der Waals surface area contributed by atoms with Crippen LogP contribution in [0.3, 0.4) is 0 Å². The maximum absolute atomic E-state index is 12.8. The van der Waals surface area contributed by atoms with E-state index in [0.717, 1.165) is 54.1 Å². The Hall–Kier alpha value is -2.93. The van der Waals surface area contributed by atoms with Crippen molar-refractivity contribution in [2.75, 3.05) is 42.3 Å². The van der Waals surface area contributed by atoms with Gasteiger partial charge in [0.25, 0.3) is 0 Å². The fourth-order valence-electron chi connectivity index (χ4n) is 4.35. The molecule has 3 heterocycles. The molecule has 0 spiro atoms. The molecule has 1 aromatic heterocycles. The predicted molar refractivity (Wildman–Crippen MR) is 107 cm³/mol. The number of ketones is 1. The van der Waals surface area contributed by atoms with Crippen LogP contribution in [0, 0.1) is 0 Å². The van der Waals surface area contributed by atoms with Gasteiger partial charge in [-0.15, -0.1) is 0 Å². The molecule has 1 aliphatic carbocycles. The highest BCUT2D eigenvalue weighted by molar-refractivity contribution is 6.01. The van der Waals surface area contributed by atoms with Crippen molar-refractivity contribution in [3.8, 4) is 0 Å². The summed E-state index contributed by atoms with van der Waals surface area (Å²) in [5.74, 6) is 1.73. The van der Waals surface area contributed by atoms with E-state index in [1.165, 1.54) is 0 Å². The second-order valence-corrected chi connectivity index (χ2v) is 7.41. The summed E-state index contributed by atoms with van der Waals surface area (Å²) in [5.41, 5.74) is 10.1. The smallest absolute Gasteiger partial charge is 0.229 e. The molecule has 7 nitrogen and oxygen atoms in total. The number of morpholine rings is 1. The normalized spacial score (nSPS) is 21.8. The molecule has 7 heteroatoms. The van der Waals surface area contributed by atoms with Crippen LogP contribution >= 0.6 is 0 Å². The number of nitrogen functional groups attached to an aromatic ring is 1. The molecule has 0 saturated carbocycles. The van der Waals surface area contributed by atoms with E-state index >= 15 is 0 Å². The van der Waals surface area contributed by atoms with Gasteiger partial charge in [0.2, 0.25) is 5.95 Å². The van der Waals surface area contributed by atoms with E-state index in [1.54, 1.807) is 0 Å². The number of ether oxygens (including phenoxy) is 1. The summed E-state index contributed by atoms with van der Waals surface area (Å²) in [6, 6.07) is 10.0. The summed E-state index contributed by atoms with van der Waals surface area (Å²) >= 11 is 0. The Morgan fingerprint density at radius 2 is 1.89 bits per heavy atom. The molecule has 1 fully saturated rings. The zero-order valence-electron chi connectivity index (χ0n) is 15.6. The molecular weight excluding hydrogens is 354 g/mol. The van der Waals surface area contributed by atoms with Gasteiger partial charge in [-0.25, -0.2) is 0 Å². The van der Waals surface area contributed by atoms with Crippen LogP contribution < -0.4 is 16.0 Å². The lowest BCUT2D eigenvalue weighted by Gasteiger charge is -2.35. The Morgan fingerprint density at radius 1 is 1.11 bits per heavy atom. The van der Waals surface area contributed by atoms with E-state index in [-0.39, 0.29) is 11.7 Å². The van der Waals surface area contributed by atoms with Crippen molar-refractivity contribution in [2.24, 2.45) is 0 Å². The first-order valence-electron chi connectivity index (χ1n) is 9.80. The average molecular weight is 377 g/mol. The maximum atomic E-state index is 12.8. The lowest BCUT2D eigenvalue weighted by Crippen LogP contribution is -2.38. The lowest BCUT2D eigenvalue weighted by molar-refractivity contribution is -0.116. The zero-order chi connectivity index (χ0) is 19.1. The van der Waals surface area contributed by atoms with E-state index in [2.05, 4.69) is 15.2 Å². The number of fused-ring (bicyclic) bond motifs is 1. The molecule has 3 aliphatic rings. The largest absolute Gasteiger partial charge is 0.383 e. The van der Waals surface area contributed by atoms with Crippen LogP contribution in [0.4, 0.5) is 17.6 Å². The molecule has 144 valence electrons. The molecule has 3 N–H and O–H groups in total. The highest BCUT2D eigenvalue weighted by Crippen LogP contribution is 2.46. The number of carbonyl (C=O) groups excluding carboxylic acids is 1. The van der Waals surface area contributed by atoms with Crippen molar-refractivity contribution in [1.29, 1.82) is 0 Å². The van der Waals surface area contributed by atoms with Gasteiger partial charge < -0.3 is 20.7 Å². The number of hydrogen-bond acceptors (Lipinski definition) is 7. The van der Waals surface area contributed by atoms with Gasteiger partial charge in [0.1, 0.15) is 11.6 Å². The number of nitrogens with one attached hydrogen (secondary N) is 1. The van der Waals surface area contributed by atoms with Crippen LogP contribution in [-0.2, 0) is 9.53 Å². The number of anilines is 3. The predicted octanol–water partition coefficient (Wildman–Crippen LogP) is 2.46. The molecule has 1 saturated heterocycles. The Balaban J connectivity index is 1.66. The third-order valence-corrected chi connectivity index (χ3v) is 5.69. The topological polar surface area (TPSA) is 93.4 Å². The fraction of sp³-hybridized carbons (Fsp3) is 0.381. The minimum Gasteiger partial charge on any atom is -0.383 e. The number of carbonyl (C=O) groups is 1. The van der Waals surface area contributed by atoms with E-state index in [4.69, 9.17) is 15.5 Å². The van der Waals surface area contributed by atoms with Gasteiger partial charge in [0, 0.05) is 42.3 Å². The SMILES string of the molecule is Nc1nc(N2CCOCC2)nc2c1[C@H](c1ccccc1)C1=C(CCCC1=O)N2. The van der Waals surface area contributed by atoms with Crippen LogP contribution in [0.25, 0.3) is 0 Å². The summed E-state index contributed by atoms with van der Waals surface area (Å²) in [6.45, 7) is 2.80. The standard InChI is InChI=1S/C21H23N5O2/c22-19-18-16(13-5-2-1-3-6-13)17-14(7-4-8-15(17)27)23-20(18)25-21(24-19)26-9-11-28-12-10-26/h1-3,5-6,16H,4,7-12H2,(H3,22,23,24,25)/t16-/m1/s1. The molecule has 0 bridgehead atoms. The summed E-state index contributed by atoms with van der Waals surface area (Å²) < 4.78 is 5.43. The number of hydrogen-bond donors (Lipinski definition) is 2. The van der Waals surface area contributed by atoms with Gasteiger partial charge in [0.05, 0.1) is 13.2 Å². The molecule has 5 rings (SSSR count). The Morgan fingerprint density at radius 3 is 2.68 bits per heavy atom. The Labute approximate surface area is 163 Å². The second-order valence-electron chi connectivity index (χ2n) is 7.41. The summed E-state index contributed by atoms with van der Waals surface area (Å²) in [7, 11) is 0. The quantitative estimate of drug-likeness (QED) is 0.830. The van der Waals surface area contributed by atoms with Gasteiger partial charge in [-0.3, -0.25) is 4.79 Å². The number of benzene rings is 1. The van der Waals surface area contributed by atoms with E-state index in [0.29, 0.717) is 31.4 Å². The van der Waals surface area contributed by atoms with Crippen LogP contribution in [0.1, 0.15) is 36.3 Å². The fourth-order valence-corrected chi connectivity index (χ4v) is 4.35. The van der Waals surface area contributed by atoms with Gasteiger partial charge in [0.15, 0.2) is 5.78 Å². The lowest BCUT2D eigenvalue weighted by atomic mass is 9.76. The zero-order valence-corrected chi connectivity index (χ0v) is 15.6. The van der Waals surface area contributed by atoms with Crippen LogP contribution in [-0.4, -0.2) is 42.1 Å². The van der Waals surface area contributed by atoms with Crippen LogP contribution in [0.15, 0.2) is 41.6 Å². The molecule has 0 radical (unpaired) electrons. The van der Waals surface area contributed by atoms with Crippen molar-refractivity contribution < 1.29 is 9.53 Å². The summed E-state index contributed by atoms with van der Waals surface area (Å²) in [5, 5.41) is 3.42. The van der Waals surface area contributed by atoms with E-state index in [1.807, 2.05) is 30.3 Å². The molecule has 1 atom stereocenters. The molecule has 28 heavy (non-hydrogen) atoms. The van der Waals surface area contributed by atoms with Gasteiger partial charge in [-0.05, 0) is 18.4 Å². The Kier molecular flexibility index (Phi) is 4.24.